The Kier molecular flexibility index (Phi) is 4.05. The Morgan fingerprint density at radius 1 is 1.35 bits per heavy atom. The average molecular weight is 273 g/mol. The van der Waals surface area contributed by atoms with E-state index >= 15 is 0 Å². The first-order chi connectivity index (χ1) is 9.65. The summed E-state index contributed by atoms with van der Waals surface area (Å²) in [6.07, 6.45) is 1.65. The van der Waals surface area contributed by atoms with Crippen LogP contribution in [0.15, 0.2) is 52.5 Å². The molecule has 0 saturated heterocycles. The molecule has 1 aromatic heterocycles. The summed E-state index contributed by atoms with van der Waals surface area (Å²) >= 11 is 0. The Bertz CT molecular complexity index is 675. The van der Waals surface area contributed by atoms with Crippen LogP contribution in [-0.2, 0) is 6.54 Å². The Hall–Kier alpha value is -2.76. The maximum absolute atomic E-state index is 12.2. The summed E-state index contributed by atoms with van der Waals surface area (Å²) in [6.45, 7) is 0.398. The topological polar surface area (TPSA) is 89.8 Å². The first kappa shape index (κ1) is 13.7. The molecule has 6 heteroatoms. The van der Waals surface area contributed by atoms with Crippen LogP contribution in [0.2, 0.25) is 0 Å². The highest BCUT2D eigenvalue weighted by Gasteiger charge is 2.07. The van der Waals surface area contributed by atoms with Crippen molar-refractivity contribution in [3.05, 3.63) is 64.1 Å². The van der Waals surface area contributed by atoms with Gasteiger partial charge in [0.05, 0.1) is 19.2 Å². The maximum Gasteiger partial charge on any atom is 0.261 e. The molecular formula is C14H15N3O3. The predicted octanol–water partition coefficient (Wildman–Crippen LogP) is 1.000. The predicted molar refractivity (Wildman–Crippen MR) is 75.3 cm³/mol. The van der Waals surface area contributed by atoms with Crippen molar-refractivity contribution >= 4 is 5.84 Å². The average Bonchev–Trinajstić information content (AvgIpc) is 2.49. The van der Waals surface area contributed by atoms with Crippen LogP contribution < -0.4 is 16.0 Å². The fraction of sp³-hybridized carbons (Fsp3) is 0.143. The molecule has 0 aliphatic rings. The maximum atomic E-state index is 12.2. The van der Waals surface area contributed by atoms with E-state index in [0.29, 0.717) is 6.54 Å². The number of methoxy groups -OCH3 is 1. The molecule has 6 nitrogen and oxygen atoms in total. The van der Waals surface area contributed by atoms with E-state index in [2.05, 4.69) is 5.16 Å². The highest BCUT2D eigenvalue weighted by molar-refractivity contribution is 5.96. The largest absolute Gasteiger partial charge is 0.497 e. The summed E-state index contributed by atoms with van der Waals surface area (Å²) in [5.41, 5.74) is 6.28. The lowest BCUT2D eigenvalue weighted by Crippen LogP contribution is -2.29. The van der Waals surface area contributed by atoms with Gasteiger partial charge in [-0.3, -0.25) is 4.79 Å². The second-order valence-corrected chi connectivity index (χ2v) is 4.19. The first-order valence-electron chi connectivity index (χ1n) is 5.96. The van der Waals surface area contributed by atoms with Gasteiger partial charge >= 0.3 is 0 Å². The van der Waals surface area contributed by atoms with E-state index in [0.717, 1.165) is 11.3 Å². The number of amidine groups is 1. The molecule has 20 heavy (non-hydrogen) atoms. The molecule has 0 aliphatic heterocycles. The molecule has 0 atom stereocenters. The van der Waals surface area contributed by atoms with Crippen LogP contribution in [0.5, 0.6) is 5.75 Å². The fourth-order valence-electron chi connectivity index (χ4n) is 1.84. The molecule has 0 unspecified atom stereocenters. The number of aromatic nitrogens is 1. The lowest BCUT2D eigenvalue weighted by molar-refractivity contribution is 0.318. The van der Waals surface area contributed by atoms with Crippen LogP contribution in [0.3, 0.4) is 0 Å². The van der Waals surface area contributed by atoms with Gasteiger partial charge in [0.1, 0.15) is 5.75 Å². The third-order valence-corrected chi connectivity index (χ3v) is 2.92. The first-order valence-corrected chi connectivity index (χ1v) is 5.96. The number of rotatable bonds is 4. The molecular weight excluding hydrogens is 258 g/mol. The highest BCUT2D eigenvalue weighted by atomic mass is 16.5. The minimum absolute atomic E-state index is 0.170. The Morgan fingerprint density at radius 2 is 2.05 bits per heavy atom. The molecule has 0 spiro atoms. The minimum Gasteiger partial charge on any atom is -0.497 e. The number of benzene rings is 1. The smallest absolute Gasteiger partial charge is 0.261 e. The van der Waals surface area contributed by atoms with Crippen LogP contribution in [0.1, 0.15) is 11.1 Å². The van der Waals surface area contributed by atoms with Crippen molar-refractivity contribution in [2.45, 2.75) is 6.54 Å². The Labute approximate surface area is 115 Å². The number of hydrogen-bond donors (Lipinski definition) is 2. The van der Waals surface area contributed by atoms with Crippen LogP contribution in [0.4, 0.5) is 0 Å². The zero-order valence-electron chi connectivity index (χ0n) is 11.0. The van der Waals surface area contributed by atoms with Gasteiger partial charge < -0.3 is 20.2 Å². The summed E-state index contributed by atoms with van der Waals surface area (Å²) in [5, 5.41) is 11.5. The third kappa shape index (κ3) is 2.80. The van der Waals surface area contributed by atoms with Gasteiger partial charge in [0.25, 0.3) is 5.56 Å². The zero-order valence-corrected chi connectivity index (χ0v) is 11.0. The van der Waals surface area contributed by atoms with Gasteiger partial charge in [0.2, 0.25) is 0 Å². The van der Waals surface area contributed by atoms with E-state index in [1.807, 2.05) is 24.3 Å². The molecule has 1 aromatic carbocycles. The Balaban J connectivity index is 2.31. The normalized spacial score (nSPS) is 11.3. The van der Waals surface area contributed by atoms with Crippen molar-refractivity contribution in [1.29, 1.82) is 0 Å². The quantitative estimate of drug-likeness (QED) is 0.376. The summed E-state index contributed by atoms with van der Waals surface area (Å²) in [5.74, 6) is 0.561. The van der Waals surface area contributed by atoms with Gasteiger partial charge in [0.15, 0.2) is 5.84 Å². The molecule has 0 bridgehead atoms. The monoisotopic (exact) mass is 273 g/mol. The van der Waals surface area contributed by atoms with E-state index in [1.165, 1.54) is 10.6 Å². The van der Waals surface area contributed by atoms with Crippen molar-refractivity contribution in [3.8, 4) is 5.75 Å². The van der Waals surface area contributed by atoms with Crippen LogP contribution in [0, 0.1) is 0 Å². The van der Waals surface area contributed by atoms with Crippen molar-refractivity contribution in [1.82, 2.24) is 4.57 Å². The van der Waals surface area contributed by atoms with Gasteiger partial charge in [-0.1, -0.05) is 17.3 Å². The van der Waals surface area contributed by atoms with E-state index < -0.39 is 0 Å². The number of nitrogens with two attached hydrogens (primary N) is 1. The molecule has 0 saturated carbocycles. The number of hydrogen-bond acceptors (Lipinski definition) is 4. The lowest BCUT2D eigenvalue weighted by Gasteiger charge is -2.08. The number of ether oxygens (including phenoxy) is 1. The van der Waals surface area contributed by atoms with E-state index in [-0.39, 0.29) is 17.0 Å². The van der Waals surface area contributed by atoms with Crippen molar-refractivity contribution in [3.63, 3.8) is 0 Å². The number of nitrogens with zero attached hydrogens (tertiary/aromatic N) is 2. The summed E-state index contributed by atoms with van der Waals surface area (Å²) in [6, 6.07) is 10.6. The molecule has 104 valence electrons. The van der Waals surface area contributed by atoms with E-state index in [9.17, 15) is 4.79 Å². The number of pyridine rings is 1. The minimum atomic E-state index is -0.307. The second-order valence-electron chi connectivity index (χ2n) is 4.19. The summed E-state index contributed by atoms with van der Waals surface area (Å²) in [4.78, 5) is 12.2. The standard InChI is InChI=1S/C14H15N3O3/c1-20-11-6-4-10(5-7-11)9-17-8-2-3-12(14(17)18)13(15)16-19/h2-8,19H,9H2,1H3,(H2,15,16). The summed E-state index contributed by atoms with van der Waals surface area (Å²) < 4.78 is 6.57. The third-order valence-electron chi connectivity index (χ3n) is 2.92. The van der Waals surface area contributed by atoms with Crippen molar-refractivity contribution in [2.75, 3.05) is 7.11 Å². The molecule has 1 heterocycles. The summed E-state index contributed by atoms with van der Waals surface area (Å²) in [7, 11) is 1.60. The molecule has 0 amide bonds. The fourth-order valence-corrected chi connectivity index (χ4v) is 1.84. The van der Waals surface area contributed by atoms with E-state index in [1.54, 1.807) is 19.4 Å². The van der Waals surface area contributed by atoms with Crippen LogP contribution in [0.25, 0.3) is 0 Å². The SMILES string of the molecule is COc1ccc(Cn2cccc(/C(N)=N/O)c2=O)cc1. The molecule has 0 fully saturated rings. The lowest BCUT2D eigenvalue weighted by atomic mass is 10.2. The van der Waals surface area contributed by atoms with Crippen LogP contribution in [-0.4, -0.2) is 22.7 Å². The molecule has 0 radical (unpaired) electrons. The number of oxime groups is 1. The second kappa shape index (κ2) is 5.92. The van der Waals surface area contributed by atoms with Gasteiger partial charge in [0, 0.05) is 6.20 Å². The van der Waals surface area contributed by atoms with Gasteiger partial charge in [-0.05, 0) is 29.8 Å². The van der Waals surface area contributed by atoms with Crippen molar-refractivity contribution < 1.29 is 9.94 Å². The van der Waals surface area contributed by atoms with E-state index in [4.69, 9.17) is 15.7 Å². The van der Waals surface area contributed by atoms with Gasteiger partial charge in [-0.25, -0.2) is 0 Å². The molecule has 2 rings (SSSR count). The molecule has 0 aliphatic carbocycles. The Morgan fingerprint density at radius 3 is 2.65 bits per heavy atom. The molecule has 2 aromatic rings. The van der Waals surface area contributed by atoms with Gasteiger partial charge in [-0.2, -0.15) is 0 Å². The van der Waals surface area contributed by atoms with Crippen LogP contribution >= 0.6 is 0 Å². The highest BCUT2D eigenvalue weighted by Crippen LogP contribution is 2.11. The van der Waals surface area contributed by atoms with Gasteiger partial charge in [-0.15, -0.1) is 0 Å². The molecule has 3 N–H and O–H groups in total. The van der Waals surface area contributed by atoms with Crippen molar-refractivity contribution in [2.24, 2.45) is 10.9 Å². The zero-order chi connectivity index (χ0) is 14.5.